The second kappa shape index (κ2) is 6.18. The highest BCUT2D eigenvalue weighted by Gasteiger charge is 2.12. The summed E-state index contributed by atoms with van der Waals surface area (Å²) in [7, 11) is 0. The minimum Gasteiger partial charge on any atom is -0.376 e. The summed E-state index contributed by atoms with van der Waals surface area (Å²) in [6, 6.07) is 1.90. The molecule has 3 nitrogen and oxygen atoms in total. The van der Waals surface area contributed by atoms with Crippen LogP contribution in [-0.4, -0.2) is 24.7 Å². The van der Waals surface area contributed by atoms with Crippen LogP contribution in [0.1, 0.15) is 18.4 Å². The maximum Gasteiger partial charge on any atom is 0.0732 e. The van der Waals surface area contributed by atoms with Crippen LogP contribution < -0.4 is 5.32 Å². The third-order valence-electron chi connectivity index (χ3n) is 2.87. The maximum atomic E-state index is 5.99. The molecule has 0 spiro atoms. The van der Waals surface area contributed by atoms with Gasteiger partial charge >= 0.3 is 0 Å². The molecule has 0 amide bonds. The van der Waals surface area contributed by atoms with Crippen molar-refractivity contribution in [2.75, 3.05) is 19.7 Å². The molecule has 0 bridgehead atoms. The number of pyridine rings is 1. The Kier molecular flexibility index (Phi) is 4.57. The van der Waals surface area contributed by atoms with Gasteiger partial charge in [0.05, 0.1) is 18.2 Å². The van der Waals surface area contributed by atoms with Crippen molar-refractivity contribution >= 4 is 11.6 Å². The van der Waals surface area contributed by atoms with E-state index in [4.69, 9.17) is 16.3 Å². The van der Waals surface area contributed by atoms with Crippen molar-refractivity contribution in [3.63, 3.8) is 0 Å². The maximum absolute atomic E-state index is 5.99. The number of piperidine rings is 1. The molecule has 1 unspecified atom stereocenters. The predicted octanol–water partition coefficient (Wildman–Crippen LogP) is 2.25. The van der Waals surface area contributed by atoms with E-state index in [9.17, 15) is 0 Å². The molecule has 1 aromatic rings. The predicted molar refractivity (Wildman–Crippen MR) is 64.5 cm³/mol. The monoisotopic (exact) mass is 240 g/mol. The van der Waals surface area contributed by atoms with Gasteiger partial charge in [0.15, 0.2) is 0 Å². The third-order valence-corrected chi connectivity index (χ3v) is 3.21. The SMILES string of the molecule is Clc1cnccc1COCC1CCCNC1. The van der Waals surface area contributed by atoms with E-state index in [1.54, 1.807) is 12.4 Å². The van der Waals surface area contributed by atoms with Crippen LogP contribution in [-0.2, 0) is 11.3 Å². The fourth-order valence-corrected chi connectivity index (χ4v) is 2.10. The number of hydrogen-bond donors (Lipinski definition) is 1. The first kappa shape index (κ1) is 11.8. The van der Waals surface area contributed by atoms with Crippen LogP contribution >= 0.6 is 11.6 Å². The van der Waals surface area contributed by atoms with Gasteiger partial charge in [0.1, 0.15) is 0 Å². The van der Waals surface area contributed by atoms with Crippen molar-refractivity contribution in [2.45, 2.75) is 19.4 Å². The molecule has 1 saturated heterocycles. The highest BCUT2D eigenvalue weighted by Crippen LogP contribution is 2.16. The Balaban J connectivity index is 1.73. The van der Waals surface area contributed by atoms with Gasteiger partial charge in [-0.05, 0) is 36.9 Å². The Morgan fingerprint density at radius 2 is 2.50 bits per heavy atom. The van der Waals surface area contributed by atoms with Crippen molar-refractivity contribution in [2.24, 2.45) is 5.92 Å². The molecule has 4 heteroatoms. The van der Waals surface area contributed by atoms with Gasteiger partial charge in [-0.2, -0.15) is 0 Å². The van der Waals surface area contributed by atoms with Crippen molar-refractivity contribution in [3.8, 4) is 0 Å². The molecule has 1 aromatic heterocycles. The summed E-state index contributed by atoms with van der Waals surface area (Å²) in [5.74, 6) is 0.648. The number of ether oxygens (including phenoxy) is 1. The minimum atomic E-state index is 0.581. The highest BCUT2D eigenvalue weighted by atomic mass is 35.5. The van der Waals surface area contributed by atoms with Gasteiger partial charge in [-0.15, -0.1) is 0 Å². The molecule has 2 rings (SSSR count). The summed E-state index contributed by atoms with van der Waals surface area (Å²) in [6.07, 6.45) is 5.91. The number of nitrogens with one attached hydrogen (secondary N) is 1. The van der Waals surface area contributed by atoms with Gasteiger partial charge in [-0.3, -0.25) is 4.98 Å². The first-order valence-corrected chi connectivity index (χ1v) is 6.11. The van der Waals surface area contributed by atoms with Crippen LogP contribution in [0, 0.1) is 5.92 Å². The van der Waals surface area contributed by atoms with E-state index in [-0.39, 0.29) is 0 Å². The van der Waals surface area contributed by atoms with Crippen LogP contribution in [0.5, 0.6) is 0 Å². The summed E-state index contributed by atoms with van der Waals surface area (Å²) in [4.78, 5) is 3.95. The molecule has 16 heavy (non-hydrogen) atoms. The molecule has 1 aliphatic heterocycles. The molecule has 2 heterocycles. The van der Waals surface area contributed by atoms with Crippen molar-refractivity contribution in [1.29, 1.82) is 0 Å². The van der Waals surface area contributed by atoms with Crippen molar-refractivity contribution < 1.29 is 4.74 Å². The molecule has 1 N–H and O–H groups in total. The molecule has 0 aliphatic carbocycles. The van der Waals surface area contributed by atoms with Crippen LogP contribution in [0.25, 0.3) is 0 Å². The summed E-state index contributed by atoms with van der Waals surface area (Å²) in [5, 5.41) is 4.06. The zero-order chi connectivity index (χ0) is 11.2. The molecule has 1 fully saturated rings. The number of aromatic nitrogens is 1. The lowest BCUT2D eigenvalue weighted by molar-refractivity contribution is 0.0783. The topological polar surface area (TPSA) is 34.1 Å². The second-order valence-electron chi connectivity index (χ2n) is 4.19. The summed E-state index contributed by atoms with van der Waals surface area (Å²) in [5.41, 5.74) is 1.01. The number of rotatable bonds is 4. The van der Waals surface area contributed by atoms with Crippen molar-refractivity contribution in [3.05, 3.63) is 29.0 Å². The summed E-state index contributed by atoms with van der Waals surface area (Å²) in [6.45, 7) is 3.61. The smallest absolute Gasteiger partial charge is 0.0732 e. The highest BCUT2D eigenvalue weighted by molar-refractivity contribution is 6.31. The van der Waals surface area contributed by atoms with Crippen LogP contribution in [0.3, 0.4) is 0 Å². The minimum absolute atomic E-state index is 0.581. The lowest BCUT2D eigenvalue weighted by atomic mass is 10.0. The van der Waals surface area contributed by atoms with Gasteiger partial charge < -0.3 is 10.1 Å². The average molecular weight is 241 g/mol. The standard InChI is InChI=1S/C12H17ClN2O/c13-12-7-15-5-3-11(12)9-16-8-10-2-1-4-14-6-10/h3,5,7,10,14H,1-2,4,6,8-9H2. The summed E-state index contributed by atoms with van der Waals surface area (Å²) >= 11 is 5.99. The zero-order valence-corrected chi connectivity index (χ0v) is 10.0. The van der Waals surface area contributed by atoms with Gasteiger partial charge in [-0.25, -0.2) is 0 Å². The lowest BCUT2D eigenvalue weighted by Crippen LogP contribution is -2.32. The first-order chi connectivity index (χ1) is 7.86. The van der Waals surface area contributed by atoms with Gasteiger partial charge in [0.2, 0.25) is 0 Å². The lowest BCUT2D eigenvalue weighted by Gasteiger charge is -2.22. The average Bonchev–Trinajstić information content (AvgIpc) is 2.33. The Bertz CT molecular complexity index is 327. The molecular formula is C12H17ClN2O. The number of halogens is 1. The van der Waals surface area contributed by atoms with E-state index in [1.807, 2.05) is 6.07 Å². The van der Waals surface area contributed by atoms with E-state index in [1.165, 1.54) is 12.8 Å². The normalized spacial score (nSPS) is 20.9. The molecule has 0 radical (unpaired) electrons. The number of hydrogen-bond acceptors (Lipinski definition) is 3. The summed E-state index contributed by atoms with van der Waals surface area (Å²) < 4.78 is 5.69. The van der Waals surface area contributed by atoms with Gasteiger partial charge in [0, 0.05) is 18.9 Å². The van der Waals surface area contributed by atoms with Gasteiger partial charge in [-0.1, -0.05) is 11.6 Å². The van der Waals surface area contributed by atoms with E-state index in [2.05, 4.69) is 10.3 Å². The fourth-order valence-electron chi connectivity index (χ4n) is 1.92. The van der Waals surface area contributed by atoms with Crippen LogP contribution in [0.2, 0.25) is 5.02 Å². The molecular weight excluding hydrogens is 224 g/mol. The molecule has 88 valence electrons. The first-order valence-electron chi connectivity index (χ1n) is 5.73. The second-order valence-corrected chi connectivity index (χ2v) is 4.60. The van der Waals surface area contributed by atoms with Crippen LogP contribution in [0.15, 0.2) is 18.5 Å². The molecule has 1 aliphatic rings. The Labute approximate surface area is 101 Å². The molecule has 0 aromatic carbocycles. The Morgan fingerprint density at radius 1 is 1.56 bits per heavy atom. The molecule has 1 atom stereocenters. The van der Waals surface area contributed by atoms with E-state index in [0.29, 0.717) is 17.5 Å². The van der Waals surface area contributed by atoms with E-state index >= 15 is 0 Å². The number of nitrogens with zero attached hydrogens (tertiary/aromatic N) is 1. The Hall–Kier alpha value is -0.640. The fraction of sp³-hybridized carbons (Fsp3) is 0.583. The quantitative estimate of drug-likeness (QED) is 0.877. The zero-order valence-electron chi connectivity index (χ0n) is 9.29. The van der Waals surface area contributed by atoms with Gasteiger partial charge in [0.25, 0.3) is 0 Å². The third kappa shape index (κ3) is 3.44. The van der Waals surface area contributed by atoms with Crippen molar-refractivity contribution in [1.82, 2.24) is 10.3 Å². The Morgan fingerprint density at radius 3 is 3.25 bits per heavy atom. The van der Waals surface area contributed by atoms with E-state index in [0.717, 1.165) is 25.3 Å². The largest absolute Gasteiger partial charge is 0.376 e. The van der Waals surface area contributed by atoms with E-state index < -0.39 is 0 Å². The van der Waals surface area contributed by atoms with Crippen LogP contribution in [0.4, 0.5) is 0 Å². The molecule has 0 saturated carbocycles.